The molecule has 0 bridgehead atoms. The molecule has 13 heteroatoms. The van der Waals surface area contributed by atoms with Crippen LogP contribution in [0.4, 0.5) is 18.9 Å². The summed E-state index contributed by atoms with van der Waals surface area (Å²) in [6.07, 6.45) is -6.07. The van der Waals surface area contributed by atoms with Crippen LogP contribution in [0, 0.1) is 10.1 Å². The van der Waals surface area contributed by atoms with Crippen molar-refractivity contribution >= 4 is 34.9 Å². The highest BCUT2D eigenvalue weighted by Crippen LogP contribution is 2.37. The second kappa shape index (κ2) is 10.3. The number of alkyl halides is 3. The normalized spacial score (nSPS) is 11.8. The maximum Gasteiger partial charge on any atom is 0.416 e. The average Bonchev–Trinajstić information content (AvgIpc) is 2.72. The largest absolute Gasteiger partial charge is 0.456 e. The highest BCUT2D eigenvalue weighted by atomic mass is 35.5. The number of carbonyl (C=O) groups excluding carboxylic acids is 2. The van der Waals surface area contributed by atoms with E-state index in [4.69, 9.17) is 21.1 Å². The van der Waals surface area contributed by atoms with Gasteiger partial charge < -0.3 is 14.3 Å². The fourth-order valence-corrected chi connectivity index (χ4v) is 2.49. The van der Waals surface area contributed by atoms with E-state index in [1.807, 2.05) is 0 Å². The van der Waals surface area contributed by atoms with Gasteiger partial charge in [0.25, 0.3) is 5.69 Å². The highest BCUT2D eigenvalue weighted by Gasteiger charge is 2.31. The predicted octanol–water partition coefficient (Wildman–Crippen LogP) is 5.54. The molecule has 1 unspecified atom stereocenters. The van der Waals surface area contributed by atoms with E-state index in [0.717, 1.165) is 30.3 Å². The first-order valence-electron chi connectivity index (χ1n) is 9.05. The van der Waals surface area contributed by atoms with Gasteiger partial charge in [-0.3, -0.25) is 10.1 Å². The molecule has 33 heavy (non-hydrogen) atoms. The van der Waals surface area contributed by atoms with Crippen LogP contribution >= 0.6 is 11.6 Å². The molecule has 0 aliphatic heterocycles. The van der Waals surface area contributed by atoms with Gasteiger partial charge in [0.2, 0.25) is 0 Å². The van der Waals surface area contributed by atoms with Crippen LogP contribution in [0.15, 0.2) is 41.6 Å². The Bertz CT molecular complexity index is 1120. The molecule has 0 saturated carbocycles. The Morgan fingerprint density at radius 2 is 1.82 bits per heavy atom. The van der Waals surface area contributed by atoms with E-state index in [2.05, 4.69) is 9.99 Å². The lowest BCUT2D eigenvalue weighted by atomic mass is 10.1. The first kappa shape index (κ1) is 25.6. The lowest BCUT2D eigenvalue weighted by Crippen LogP contribution is -2.25. The maximum atomic E-state index is 12.8. The van der Waals surface area contributed by atoms with Crippen molar-refractivity contribution in [3.63, 3.8) is 0 Å². The molecule has 0 aliphatic carbocycles. The van der Waals surface area contributed by atoms with E-state index in [-0.39, 0.29) is 16.5 Å². The molecule has 0 fully saturated rings. The van der Waals surface area contributed by atoms with Gasteiger partial charge in [0.1, 0.15) is 17.1 Å². The molecule has 0 spiro atoms. The van der Waals surface area contributed by atoms with Gasteiger partial charge in [0, 0.05) is 12.1 Å². The van der Waals surface area contributed by atoms with Gasteiger partial charge in [-0.2, -0.15) is 13.2 Å². The number of oxime groups is 1. The minimum absolute atomic E-state index is 0.157. The fraction of sp³-hybridized carbons (Fsp3) is 0.250. The first-order chi connectivity index (χ1) is 15.3. The van der Waals surface area contributed by atoms with E-state index in [9.17, 15) is 32.9 Å². The zero-order valence-electron chi connectivity index (χ0n) is 17.3. The molecular formula is C20H16ClF3N2O7. The number of benzene rings is 2. The highest BCUT2D eigenvalue weighted by molar-refractivity contribution is 6.32. The topological polar surface area (TPSA) is 117 Å². The zero-order valence-corrected chi connectivity index (χ0v) is 18.1. The summed E-state index contributed by atoms with van der Waals surface area (Å²) >= 11 is 5.84. The van der Waals surface area contributed by atoms with Crippen LogP contribution in [0.1, 0.15) is 36.7 Å². The number of ether oxygens (including phenoxy) is 2. The summed E-state index contributed by atoms with van der Waals surface area (Å²) in [6, 6.07) is 5.30. The van der Waals surface area contributed by atoms with Crippen LogP contribution in [0.2, 0.25) is 5.02 Å². The Balaban J connectivity index is 2.29. The van der Waals surface area contributed by atoms with Gasteiger partial charge in [-0.25, -0.2) is 9.59 Å². The van der Waals surface area contributed by atoms with E-state index >= 15 is 0 Å². The molecule has 0 aliphatic rings. The van der Waals surface area contributed by atoms with Crippen LogP contribution in [0.3, 0.4) is 0 Å². The van der Waals surface area contributed by atoms with Crippen LogP contribution in [0.5, 0.6) is 11.5 Å². The van der Waals surface area contributed by atoms with Crippen molar-refractivity contribution in [3.05, 3.63) is 62.7 Å². The van der Waals surface area contributed by atoms with Gasteiger partial charge in [0.05, 0.1) is 21.2 Å². The molecule has 0 aromatic heterocycles. The Morgan fingerprint density at radius 3 is 2.36 bits per heavy atom. The van der Waals surface area contributed by atoms with Gasteiger partial charge >= 0.3 is 18.1 Å². The number of carbonyl (C=O) groups is 2. The zero-order chi connectivity index (χ0) is 24.9. The molecular weight excluding hydrogens is 473 g/mol. The van der Waals surface area contributed by atoms with Crippen molar-refractivity contribution in [1.82, 2.24) is 0 Å². The number of esters is 1. The summed E-state index contributed by atoms with van der Waals surface area (Å²) in [4.78, 5) is 39.3. The number of nitro groups is 1. The molecule has 2 rings (SSSR count). The van der Waals surface area contributed by atoms with E-state index in [1.165, 1.54) is 6.92 Å². The minimum Gasteiger partial charge on any atom is -0.456 e. The SMILES string of the molecule is CC(C)=NOC(=O)C(C)OC(=O)c1cc(Oc2ccc(C(F)(F)F)cc2Cl)ccc1[N+](=O)[O-]. The lowest BCUT2D eigenvalue weighted by Gasteiger charge is -2.13. The van der Waals surface area contributed by atoms with E-state index in [1.54, 1.807) is 13.8 Å². The number of halogens is 4. The lowest BCUT2D eigenvalue weighted by molar-refractivity contribution is -0.385. The smallest absolute Gasteiger partial charge is 0.416 e. The van der Waals surface area contributed by atoms with E-state index in [0.29, 0.717) is 11.8 Å². The quantitative estimate of drug-likeness (QED) is 0.165. The number of hydrogen-bond acceptors (Lipinski definition) is 8. The Hall–Kier alpha value is -3.67. The summed E-state index contributed by atoms with van der Waals surface area (Å²) in [5.74, 6) is -2.61. The number of rotatable bonds is 7. The molecule has 0 amide bonds. The van der Waals surface area contributed by atoms with Crippen molar-refractivity contribution in [2.45, 2.75) is 33.1 Å². The summed E-state index contributed by atoms with van der Waals surface area (Å²) in [6.45, 7) is 4.29. The summed E-state index contributed by atoms with van der Waals surface area (Å²) in [5.41, 5.74) is -1.82. The van der Waals surface area contributed by atoms with Crippen molar-refractivity contribution in [3.8, 4) is 11.5 Å². The fourth-order valence-electron chi connectivity index (χ4n) is 2.27. The Labute approximate surface area is 189 Å². The summed E-state index contributed by atoms with van der Waals surface area (Å²) in [7, 11) is 0. The molecule has 1 atom stereocenters. The Morgan fingerprint density at radius 1 is 1.15 bits per heavy atom. The molecule has 2 aromatic rings. The predicted molar refractivity (Wildman–Crippen MR) is 109 cm³/mol. The van der Waals surface area contributed by atoms with Crippen LogP contribution in [-0.4, -0.2) is 28.7 Å². The molecule has 0 N–H and O–H groups in total. The molecule has 9 nitrogen and oxygen atoms in total. The van der Waals surface area contributed by atoms with Crippen molar-refractivity contribution in [2.24, 2.45) is 5.16 Å². The van der Waals surface area contributed by atoms with Gasteiger partial charge in [-0.05, 0) is 45.0 Å². The monoisotopic (exact) mass is 488 g/mol. The molecule has 0 radical (unpaired) electrons. The molecule has 176 valence electrons. The maximum absolute atomic E-state index is 12.8. The van der Waals surface area contributed by atoms with Crippen LogP contribution < -0.4 is 4.74 Å². The molecule has 2 aromatic carbocycles. The third kappa shape index (κ3) is 6.91. The number of nitro benzene ring substituents is 1. The number of nitrogens with zero attached hydrogens (tertiary/aromatic N) is 2. The second-order valence-electron chi connectivity index (χ2n) is 6.68. The number of hydrogen-bond donors (Lipinski definition) is 0. The van der Waals surface area contributed by atoms with Crippen molar-refractivity contribution in [2.75, 3.05) is 0 Å². The van der Waals surface area contributed by atoms with Crippen LogP contribution in [0.25, 0.3) is 0 Å². The van der Waals surface area contributed by atoms with Gasteiger partial charge in [-0.1, -0.05) is 16.8 Å². The molecule has 0 heterocycles. The van der Waals surface area contributed by atoms with Crippen molar-refractivity contribution < 1.29 is 42.0 Å². The Kier molecular flexibility index (Phi) is 7.99. The molecule has 0 saturated heterocycles. The van der Waals surface area contributed by atoms with Gasteiger partial charge in [0.15, 0.2) is 6.10 Å². The second-order valence-corrected chi connectivity index (χ2v) is 7.08. The standard InChI is InChI=1S/C20H16ClF3N2O7/c1-10(2)25-33-18(27)11(3)31-19(28)14-9-13(5-6-16(14)26(29)30)32-17-7-4-12(8-15(17)21)20(22,23)24/h4-9,11H,1-3H3. The average molecular weight is 489 g/mol. The third-order valence-electron chi connectivity index (χ3n) is 3.81. The minimum atomic E-state index is -4.62. The van der Waals surface area contributed by atoms with Crippen LogP contribution in [-0.2, 0) is 20.5 Å². The third-order valence-corrected chi connectivity index (χ3v) is 4.10. The summed E-state index contributed by atoms with van der Waals surface area (Å²) in [5, 5.41) is 14.3. The first-order valence-corrected chi connectivity index (χ1v) is 9.43. The van der Waals surface area contributed by atoms with Crippen molar-refractivity contribution in [1.29, 1.82) is 0 Å². The van der Waals surface area contributed by atoms with E-state index < -0.39 is 46.0 Å². The van der Waals surface area contributed by atoms with Gasteiger partial charge in [-0.15, -0.1) is 0 Å². The summed E-state index contributed by atoms with van der Waals surface area (Å²) < 4.78 is 48.6.